The molecule has 82 valence electrons. The van der Waals surface area contributed by atoms with E-state index in [0.29, 0.717) is 0 Å². The second-order valence-electron chi connectivity index (χ2n) is 3.56. The van der Waals surface area contributed by atoms with Crippen LogP contribution in [0, 0.1) is 0 Å². The number of nitrogen functional groups attached to an aromatic ring is 1. The van der Waals surface area contributed by atoms with Crippen LogP contribution >= 0.6 is 0 Å². The predicted molar refractivity (Wildman–Crippen MR) is 64.4 cm³/mol. The van der Waals surface area contributed by atoms with Gasteiger partial charge in [-0.1, -0.05) is 12.1 Å². The summed E-state index contributed by atoms with van der Waals surface area (Å²) >= 11 is 0. The Balaban J connectivity index is 2.18. The van der Waals surface area contributed by atoms with Gasteiger partial charge in [0.25, 0.3) is 0 Å². The van der Waals surface area contributed by atoms with Gasteiger partial charge in [0.05, 0.1) is 18.5 Å². The van der Waals surface area contributed by atoms with Crippen molar-refractivity contribution in [2.45, 2.75) is 6.42 Å². The van der Waals surface area contributed by atoms with Crippen molar-refractivity contribution in [2.75, 3.05) is 12.8 Å². The van der Waals surface area contributed by atoms with Crippen LogP contribution in [0.1, 0.15) is 11.3 Å². The summed E-state index contributed by atoms with van der Waals surface area (Å²) in [6.45, 7) is 0. The van der Waals surface area contributed by atoms with Gasteiger partial charge in [0.15, 0.2) is 0 Å². The van der Waals surface area contributed by atoms with E-state index in [-0.39, 0.29) is 0 Å². The van der Waals surface area contributed by atoms with E-state index in [1.165, 1.54) is 5.56 Å². The number of pyridine rings is 1. The summed E-state index contributed by atoms with van der Waals surface area (Å²) in [6, 6.07) is 11.6. The highest BCUT2D eigenvalue weighted by molar-refractivity contribution is 5.44. The minimum atomic E-state index is 0.735. The molecule has 2 N–H and O–H groups in total. The normalized spacial score (nSPS) is 10.1. The third-order valence-electron chi connectivity index (χ3n) is 2.46. The van der Waals surface area contributed by atoms with E-state index in [4.69, 9.17) is 10.5 Å². The summed E-state index contributed by atoms with van der Waals surface area (Å²) in [5, 5.41) is 0. The fourth-order valence-electron chi connectivity index (χ4n) is 1.53. The maximum Gasteiger partial charge on any atom is 0.118 e. The van der Waals surface area contributed by atoms with Crippen LogP contribution in [0.15, 0.2) is 42.6 Å². The molecule has 0 bridgehead atoms. The molecule has 0 fully saturated rings. The first-order valence-corrected chi connectivity index (χ1v) is 5.12. The van der Waals surface area contributed by atoms with Crippen molar-refractivity contribution in [1.82, 2.24) is 4.98 Å². The van der Waals surface area contributed by atoms with Gasteiger partial charge in [0.1, 0.15) is 5.75 Å². The average Bonchev–Trinajstić information content (AvgIpc) is 2.33. The van der Waals surface area contributed by atoms with Gasteiger partial charge in [-0.3, -0.25) is 4.98 Å². The number of nitrogens with zero attached hydrogens (tertiary/aromatic N) is 1. The fourth-order valence-corrected chi connectivity index (χ4v) is 1.53. The number of nitrogens with two attached hydrogens (primary N) is 1. The zero-order valence-corrected chi connectivity index (χ0v) is 9.18. The largest absolute Gasteiger partial charge is 0.497 e. The topological polar surface area (TPSA) is 48.1 Å². The second kappa shape index (κ2) is 4.66. The van der Waals surface area contributed by atoms with Crippen LogP contribution in [0.2, 0.25) is 0 Å². The molecular weight excluding hydrogens is 200 g/mol. The first kappa shape index (κ1) is 10.5. The van der Waals surface area contributed by atoms with Crippen molar-refractivity contribution in [1.29, 1.82) is 0 Å². The van der Waals surface area contributed by atoms with Crippen molar-refractivity contribution in [3.63, 3.8) is 0 Å². The van der Waals surface area contributed by atoms with Crippen LogP contribution < -0.4 is 10.5 Å². The molecule has 1 heterocycles. The Labute approximate surface area is 94.9 Å². The Morgan fingerprint density at radius 3 is 2.56 bits per heavy atom. The Hall–Kier alpha value is -2.03. The molecule has 1 aromatic heterocycles. The molecule has 0 amide bonds. The van der Waals surface area contributed by atoms with Gasteiger partial charge >= 0.3 is 0 Å². The van der Waals surface area contributed by atoms with Crippen molar-refractivity contribution in [2.24, 2.45) is 0 Å². The molecule has 0 aliphatic rings. The number of aromatic nitrogens is 1. The highest BCUT2D eigenvalue weighted by Gasteiger charge is 2.01. The van der Waals surface area contributed by atoms with Gasteiger partial charge in [-0.15, -0.1) is 0 Å². The van der Waals surface area contributed by atoms with Crippen LogP contribution in [0.3, 0.4) is 0 Å². The number of hydrogen-bond donors (Lipinski definition) is 1. The lowest BCUT2D eigenvalue weighted by Gasteiger charge is -2.05. The number of hydrogen-bond acceptors (Lipinski definition) is 3. The first-order valence-electron chi connectivity index (χ1n) is 5.12. The number of anilines is 1. The highest BCUT2D eigenvalue weighted by atomic mass is 16.5. The van der Waals surface area contributed by atoms with Crippen molar-refractivity contribution in [3.8, 4) is 5.75 Å². The smallest absolute Gasteiger partial charge is 0.118 e. The van der Waals surface area contributed by atoms with E-state index >= 15 is 0 Å². The van der Waals surface area contributed by atoms with E-state index < -0.39 is 0 Å². The lowest BCUT2D eigenvalue weighted by Crippen LogP contribution is -1.98. The van der Waals surface area contributed by atoms with Gasteiger partial charge in [0, 0.05) is 12.6 Å². The predicted octanol–water partition coefficient (Wildman–Crippen LogP) is 2.26. The molecule has 0 saturated carbocycles. The number of rotatable bonds is 3. The Bertz CT molecular complexity index is 466. The Morgan fingerprint density at radius 2 is 1.94 bits per heavy atom. The van der Waals surface area contributed by atoms with Crippen LogP contribution in [0.25, 0.3) is 0 Å². The van der Waals surface area contributed by atoms with Gasteiger partial charge in [-0.2, -0.15) is 0 Å². The molecule has 0 radical (unpaired) electrons. The van der Waals surface area contributed by atoms with Crippen LogP contribution in [0.5, 0.6) is 5.75 Å². The van der Waals surface area contributed by atoms with E-state index in [9.17, 15) is 0 Å². The quantitative estimate of drug-likeness (QED) is 0.852. The summed E-state index contributed by atoms with van der Waals surface area (Å²) in [5.41, 5.74) is 8.65. The molecule has 3 heteroatoms. The molecule has 1 aromatic carbocycles. The second-order valence-corrected chi connectivity index (χ2v) is 3.56. The number of methoxy groups -OCH3 is 1. The summed E-state index contributed by atoms with van der Waals surface area (Å²) in [4.78, 5) is 4.26. The number of ether oxygens (including phenoxy) is 1. The first-order chi connectivity index (χ1) is 7.79. The van der Waals surface area contributed by atoms with E-state index in [1.807, 2.05) is 36.4 Å². The van der Waals surface area contributed by atoms with Crippen molar-refractivity contribution >= 4 is 5.69 Å². The molecule has 2 rings (SSSR count). The zero-order valence-electron chi connectivity index (χ0n) is 9.18. The third kappa shape index (κ3) is 2.31. The summed E-state index contributed by atoms with van der Waals surface area (Å²) < 4.78 is 5.10. The van der Waals surface area contributed by atoms with Crippen LogP contribution in [-0.4, -0.2) is 12.1 Å². The summed E-state index contributed by atoms with van der Waals surface area (Å²) in [6.07, 6.45) is 2.51. The summed E-state index contributed by atoms with van der Waals surface area (Å²) in [5.74, 6) is 0.859. The van der Waals surface area contributed by atoms with Crippen LogP contribution in [0.4, 0.5) is 5.69 Å². The lowest BCUT2D eigenvalue weighted by atomic mass is 10.1. The standard InChI is InChI=1S/C13H14N2O/c1-16-11-6-4-10(5-7-11)9-13-12(14)3-2-8-15-13/h2-8H,9,14H2,1H3. The highest BCUT2D eigenvalue weighted by Crippen LogP contribution is 2.16. The molecule has 0 aliphatic carbocycles. The fraction of sp³-hybridized carbons (Fsp3) is 0.154. The van der Waals surface area contributed by atoms with Gasteiger partial charge < -0.3 is 10.5 Å². The monoisotopic (exact) mass is 214 g/mol. The molecule has 3 nitrogen and oxygen atoms in total. The molecular formula is C13H14N2O. The van der Waals surface area contributed by atoms with E-state index in [2.05, 4.69) is 4.98 Å². The van der Waals surface area contributed by atoms with Crippen molar-refractivity contribution < 1.29 is 4.74 Å². The molecule has 0 atom stereocenters. The molecule has 0 saturated heterocycles. The molecule has 0 unspecified atom stereocenters. The minimum Gasteiger partial charge on any atom is -0.497 e. The van der Waals surface area contributed by atoms with Crippen molar-refractivity contribution in [3.05, 3.63) is 53.9 Å². The molecule has 0 spiro atoms. The van der Waals surface area contributed by atoms with Gasteiger partial charge in [0.2, 0.25) is 0 Å². The maximum atomic E-state index is 5.84. The lowest BCUT2D eigenvalue weighted by molar-refractivity contribution is 0.414. The maximum absolute atomic E-state index is 5.84. The molecule has 0 aliphatic heterocycles. The Morgan fingerprint density at radius 1 is 1.19 bits per heavy atom. The Kier molecular flexibility index (Phi) is 3.05. The molecule has 2 aromatic rings. The number of benzene rings is 1. The summed E-state index contributed by atoms with van der Waals surface area (Å²) in [7, 11) is 1.66. The average molecular weight is 214 g/mol. The van der Waals surface area contributed by atoms with Gasteiger partial charge in [-0.05, 0) is 29.8 Å². The zero-order chi connectivity index (χ0) is 11.4. The minimum absolute atomic E-state index is 0.735. The van der Waals surface area contributed by atoms with E-state index in [1.54, 1.807) is 13.3 Å². The third-order valence-corrected chi connectivity index (χ3v) is 2.46. The SMILES string of the molecule is COc1ccc(Cc2ncccc2N)cc1. The molecule has 16 heavy (non-hydrogen) atoms. The van der Waals surface area contributed by atoms with Crippen LogP contribution in [-0.2, 0) is 6.42 Å². The van der Waals surface area contributed by atoms with Gasteiger partial charge in [-0.25, -0.2) is 0 Å². The van der Waals surface area contributed by atoms with E-state index in [0.717, 1.165) is 23.6 Å².